The van der Waals surface area contributed by atoms with Gasteiger partial charge in [0.1, 0.15) is 5.60 Å². The van der Waals surface area contributed by atoms with Crippen molar-refractivity contribution in [3.05, 3.63) is 23.8 Å². The molecule has 22 heavy (non-hydrogen) atoms. The predicted molar refractivity (Wildman–Crippen MR) is 76.5 cm³/mol. The molecule has 0 fully saturated rings. The average molecular weight is 309 g/mol. The molecule has 120 valence electrons. The Morgan fingerprint density at radius 3 is 2.50 bits per heavy atom. The summed E-state index contributed by atoms with van der Waals surface area (Å²) >= 11 is 0. The lowest BCUT2D eigenvalue weighted by molar-refractivity contribution is -0.167. The molecule has 1 aromatic carbocycles. The number of hydrogen-bond acceptors (Lipinski definition) is 6. The fourth-order valence-electron chi connectivity index (χ4n) is 2.08. The second-order valence-electron chi connectivity index (χ2n) is 5.99. The second-order valence-corrected chi connectivity index (χ2v) is 5.99. The van der Waals surface area contributed by atoms with Crippen molar-refractivity contribution in [3.63, 3.8) is 0 Å². The van der Waals surface area contributed by atoms with Gasteiger partial charge in [-0.25, -0.2) is 0 Å². The molecule has 0 saturated heterocycles. The SMILES string of the molecule is CC(C)(C)OC(=O)C(C(=O)O)C(N)c1ccc2c(c1)OCO2. The predicted octanol–water partition coefficient (Wildman–Crippen LogP) is 1.46. The highest BCUT2D eigenvalue weighted by molar-refractivity contribution is 5.95. The van der Waals surface area contributed by atoms with Crippen LogP contribution in [0.1, 0.15) is 32.4 Å². The number of nitrogens with two attached hydrogens (primary N) is 1. The number of rotatable bonds is 4. The fourth-order valence-corrected chi connectivity index (χ4v) is 2.08. The summed E-state index contributed by atoms with van der Waals surface area (Å²) in [6.45, 7) is 5.09. The number of fused-ring (bicyclic) bond motifs is 1. The van der Waals surface area contributed by atoms with Gasteiger partial charge in [-0.05, 0) is 38.5 Å². The van der Waals surface area contributed by atoms with E-state index in [0.717, 1.165) is 0 Å². The number of carboxylic acid groups (broad SMARTS) is 1. The van der Waals surface area contributed by atoms with E-state index in [1.165, 1.54) is 0 Å². The van der Waals surface area contributed by atoms with Crippen LogP contribution in [0.4, 0.5) is 0 Å². The Labute approximate surface area is 128 Å². The van der Waals surface area contributed by atoms with Gasteiger partial charge in [0, 0.05) is 0 Å². The van der Waals surface area contributed by atoms with E-state index in [1.54, 1.807) is 39.0 Å². The number of aliphatic carboxylic acids is 1. The first-order valence-electron chi connectivity index (χ1n) is 6.80. The molecule has 0 radical (unpaired) electrons. The zero-order chi connectivity index (χ0) is 16.5. The van der Waals surface area contributed by atoms with Crippen LogP contribution in [0, 0.1) is 5.92 Å². The van der Waals surface area contributed by atoms with Crippen molar-refractivity contribution >= 4 is 11.9 Å². The summed E-state index contributed by atoms with van der Waals surface area (Å²) in [5.41, 5.74) is 5.64. The van der Waals surface area contributed by atoms with Crippen LogP contribution < -0.4 is 15.2 Å². The normalized spacial score (nSPS) is 16.0. The highest BCUT2D eigenvalue weighted by Crippen LogP contribution is 2.35. The molecule has 0 bridgehead atoms. The first-order chi connectivity index (χ1) is 10.2. The zero-order valence-corrected chi connectivity index (χ0v) is 12.7. The minimum Gasteiger partial charge on any atom is -0.481 e. The Kier molecular flexibility index (Phi) is 4.27. The molecule has 2 atom stereocenters. The van der Waals surface area contributed by atoms with E-state index in [1.807, 2.05) is 0 Å². The maximum Gasteiger partial charge on any atom is 0.322 e. The van der Waals surface area contributed by atoms with Crippen molar-refractivity contribution in [2.24, 2.45) is 11.7 Å². The summed E-state index contributed by atoms with van der Waals surface area (Å²) < 4.78 is 15.6. The summed E-state index contributed by atoms with van der Waals surface area (Å²) in [6, 6.07) is 3.76. The lowest BCUT2D eigenvalue weighted by Gasteiger charge is -2.25. The third-order valence-electron chi connectivity index (χ3n) is 3.07. The third kappa shape index (κ3) is 3.48. The summed E-state index contributed by atoms with van der Waals surface area (Å²) in [6.07, 6.45) is 0. The number of carbonyl (C=O) groups is 2. The highest BCUT2D eigenvalue weighted by Gasteiger charge is 2.37. The fraction of sp³-hybridized carbons (Fsp3) is 0.467. The van der Waals surface area contributed by atoms with Crippen LogP contribution >= 0.6 is 0 Å². The molecule has 7 heteroatoms. The smallest absolute Gasteiger partial charge is 0.322 e. The van der Waals surface area contributed by atoms with Gasteiger partial charge in [-0.3, -0.25) is 9.59 Å². The van der Waals surface area contributed by atoms with Crippen molar-refractivity contribution in [1.29, 1.82) is 0 Å². The van der Waals surface area contributed by atoms with E-state index >= 15 is 0 Å². The third-order valence-corrected chi connectivity index (χ3v) is 3.07. The molecule has 1 aliphatic rings. The monoisotopic (exact) mass is 309 g/mol. The number of benzene rings is 1. The second kappa shape index (κ2) is 5.84. The van der Waals surface area contributed by atoms with Gasteiger partial charge in [-0.15, -0.1) is 0 Å². The van der Waals surface area contributed by atoms with Crippen LogP contribution in [-0.2, 0) is 14.3 Å². The molecule has 0 aliphatic carbocycles. The molecule has 0 aromatic heterocycles. The summed E-state index contributed by atoms with van der Waals surface area (Å²) in [5.74, 6) is -2.68. The Hall–Kier alpha value is -2.28. The van der Waals surface area contributed by atoms with E-state index in [-0.39, 0.29) is 6.79 Å². The molecule has 3 N–H and O–H groups in total. The maximum atomic E-state index is 12.1. The van der Waals surface area contributed by atoms with Crippen LogP contribution in [0.2, 0.25) is 0 Å². The van der Waals surface area contributed by atoms with Gasteiger partial charge >= 0.3 is 11.9 Å². The molecule has 1 heterocycles. The summed E-state index contributed by atoms with van der Waals surface area (Å²) in [5, 5.41) is 9.33. The van der Waals surface area contributed by atoms with E-state index < -0.39 is 29.5 Å². The molecule has 2 unspecified atom stereocenters. The van der Waals surface area contributed by atoms with E-state index in [9.17, 15) is 14.7 Å². The molecule has 1 aromatic rings. The first kappa shape index (κ1) is 16.1. The molecule has 1 aliphatic heterocycles. The summed E-state index contributed by atoms with van der Waals surface area (Å²) in [4.78, 5) is 23.5. The Morgan fingerprint density at radius 2 is 1.91 bits per heavy atom. The quantitative estimate of drug-likeness (QED) is 0.640. The maximum absolute atomic E-state index is 12.1. The van der Waals surface area contributed by atoms with Gasteiger partial charge in [0.05, 0.1) is 6.04 Å². The molecular weight excluding hydrogens is 290 g/mol. The van der Waals surface area contributed by atoms with Gasteiger partial charge < -0.3 is 25.1 Å². The average Bonchev–Trinajstić information content (AvgIpc) is 2.82. The number of ether oxygens (including phenoxy) is 3. The van der Waals surface area contributed by atoms with E-state index in [0.29, 0.717) is 17.1 Å². The van der Waals surface area contributed by atoms with Gasteiger partial charge in [-0.2, -0.15) is 0 Å². The Balaban J connectivity index is 2.25. The topological polar surface area (TPSA) is 108 Å². The van der Waals surface area contributed by atoms with Crippen molar-refractivity contribution in [2.45, 2.75) is 32.4 Å². The van der Waals surface area contributed by atoms with Crippen molar-refractivity contribution in [3.8, 4) is 11.5 Å². The molecule has 0 saturated carbocycles. The Morgan fingerprint density at radius 1 is 1.27 bits per heavy atom. The van der Waals surface area contributed by atoms with Gasteiger partial charge in [0.2, 0.25) is 6.79 Å². The van der Waals surface area contributed by atoms with E-state index in [2.05, 4.69) is 0 Å². The van der Waals surface area contributed by atoms with Crippen molar-refractivity contribution < 1.29 is 28.9 Å². The molecule has 0 amide bonds. The van der Waals surface area contributed by atoms with Gasteiger partial charge in [0.25, 0.3) is 0 Å². The molecule has 0 spiro atoms. The number of hydrogen-bond donors (Lipinski definition) is 2. The van der Waals surface area contributed by atoms with Crippen LogP contribution in [-0.4, -0.2) is 29.4 Å². The largest absolute Gasteiger partial charge is 0.481 e. The number of carboxylic acids is 1. The minimum absolute atomic E-state index is 0.0997. The lowest BCUT2D eigenvalue weighted by atomic mass is 9.93. The van der Waals surface area contributed by atoms with Crippen LogP contribution in [0.15, 0.2) is 18.2 Å². The molecule has 2 rings (SSSR count). The van der Waals surface area contributed by atoms with Crippen molar-refractivity contribution in [1.82, 2.24) is 0 Å². The number of esters is 1. The standard InChI is InChI=1S/C15H19NO6/c1-15(2,3)22-14(19)11(13(17)18)12(16)8-4-5-9-10(6-8)21-7-20-9/h4-6,11-12H,7,16H2,1-3H3,(H,17,18). The molecular formula is C15H19NO6. The van der Waals surface area contributed by atoms with Crippen LogP contribution in [0.3, 0.4) is 0 Å². The Bertz CT molecular complexity index is 592. The van der Waals surface area contributed by atoms with Crippen LogP contribution in [0.5, 0.6) is 11.5 Å². The zero-order valence-electron chi connectivity index (χ0n) is 12.7. The number of carbonyl (C=O) groups excluding carboxylic acids is 1. The lowest BCUT2D eigenvalue weighted by Crippen LogP contribution is -2.39. The first-order valence-corrected chi connectivity index (χ1v) is 6.80. The summed E-state index contributed by atoms with van der Waals surface area (Å²) in [7, 11) is 0. The van der Waals surface area contributed by atoms with Gasteiger partial charge in [0.15, 0.2) is 17.4 Å². The molecule has 7 nitrogen and oxygen atoms in total. The van der Waals surface area contributed by atoms with E-state index in [4.69, 9.17) is 19.9 Å². The van der Waals surface area contributed by atoms with Crippen LogP contribution in [0.25, 0.3) is 0 Å². The minimum atomic E-state index is -1.50. The highest BCUT2D eigenvalue weighted by atomic mass is 16.7. The van der Waals surface area contributed by atoms with Crippen molar-refractivity contribution in [2.75, 3.05) is 6.79 Å². The van der Waals surface area contributed by atoms with Gasteiger partial charge in [-0.1, -0.05) is 6.07 Å².